The number of rotatable bonds is 6. The van der Waals surface area contributed by atoms with E-state index in [1.807, 2.05) is 26.8 Å². The van der Waals surface area contributed by atoms with E-state index in [0.717, 1.165) is 25.1 Å². The first kappa shape index (κ1) is 16.8. The second-order valence-electron chi connectivity index (χ2n) is 5.90. The number of nitrogen functional groups attached to an aromatic ring is 1. The number of nitrogens with zero attached hydrogens (tertiary/aromatic N) is 1. The Kier molecular flexibility index (Phi) is 6.04. The number of ether oxygens (including phenoxy) is 1. The average molecular weight is 289 g/mol. The largest absolute Gasteiger partial charge is 0.465 e. The summed E-state index contributed by atoms with van der Waals surface area (Å²) in [6.45, 7) is 13.6. The van der Waals surface area contributed by atoms with Crippen LogP contribution in [0.4, 0.5) is 17.1 Å². The highest BCUT2D eigenvalue weighted by molar-refractivity contribution is 5.75. The van der Waals surface area contributed by atoms with Crippen LogP contribution < -0.4 is 11.1 Å². The fraction of sp³-hybridized carbons (Fsp3) is 0.500. The van der Waals surface area contributed by atoms with E-state index in [1.54, 1.807) is 12.1 Å². The summed E-state index contributed by atoms with van der Waals surface area (Å²) < 4.78 is 5.19. The van der Waals surface area contributed by atoms with Gasteiger partial charge in [-0.2, -0.15) is 0 Å². The molecule has 0 spiro atoms. The molecule has 5 nitrogen and oxygen atoms in total. The van der Waals surface area contributed by atoms with E-state index in [-0.39, 0.29) is 5.97 Å². The van der Waals surface area contributed by atoms with Crippen molar-refractivity contribution in [3.05, 3.63) is 29.6 Å². The monoisotopic (exact) mass is 289 g/mol. The summed E-state index contributed by atoms with van der Waals surface area (Å²) in [4.78, 5) is 14.9. The van der Waals surface area contributed by atoms with Gasteiger partial charge in [-0.25, -0.2) is 4.85 Å². The Morgan fingerprint density at radius 1 is 1.38 bits per heavy atom. The zero-order chi connectivity index (χ0) is 15.9. The number of esters is 1. The van der Waals surface area contributed by atoms with E-state index in [9.17, 15) is 4.79 Å². The molecule has 0 unspecified atom stereocenters. The van der Waals surface area contributed by atoms with Crippen LogP contribution in [0.25, 0.3) is 4.85 Å². The third kappa shape index (κ3) is 5.74. The first-order chi connectivity index (χ1) is 9.84. The molecule has 0 amide bonds. The molecule has 1 aromatic rings. The molecular formula is C16H23N3O2. The van der Waals surface area contributed by atoms with Crippen molar-refractivity contribution in [2.24, 2.45) is 5.41 Å². The lowest BCUT2D eigenvalue weighted by molar-refractivity contribution is -0.153. The normalized spacial score (nSPS) is 10.8. The van der Waals surface area contributed by atoms with Crippen molar-refractivity contribution in [2.45, 2.75) is 33.6 Å². The van der Waals surface area contributed by atoms with Gasteiger partial charge < -0.3 is 15.8 Å². The highest BCUT2D eigenvalue weighted by Crippen LogP contribution is 2.24. The molecule has 0 heterocycles. The third-order valence-electron chi connectivity index (χ3n) is 2.90. The number of anilines is 2. The molecule has 0 aliphatic rings. The minimum atomic E-state index is -0.447. The molecule has 21 heavy (non-hydrogen) atoms. The molecule has 0 saturated carbocycles. The predicted molar refractivity (Wildman–Crippen MR) is 85.3 cm³/mol. The van der Waals surface area contributed by atoms with Gasteiger partial charge in [0.25, 0.3) is 0 Å². The van der Waals surface area contributed by atoms with Crippen molar-refractivity contribution in [3.63, 3.8) is 0 Å². The molecule has 0 atom stereocenters. The van der Waals surface area contributed by atoms with Crippen molar-refractivity contribution >= 4 is 23.0 Å². The van der Waals surface area contributed by atoms with Gasteiger partial charge in [0.2, 0.25) is 0 Å². The van der Waals surface area contributed by atoms with Gasteiger partial charge in [0.1, 0.15) is 0 Å². The number of carbonyl (C=O) groups is 1. The van der Waals surface area contributed by atoms with Crippen LogP contribution in [0.3, 0.4) is 0 Å². The lowest BCUT2D eigenvalue weighted by Crippen LogP contribution is -2.23. The van der Waals surface area contributed by atoms with Gasteiger partial charge in [0.05, 0.1) is 24.3 Å². The first-order valence-electron chi connectivity index (χ1n) is 7.02. The fourth-order valence-electron chi connectivity index (χ4n) is 1.61. The standard InChI is InChI=1S/C16H23N3O2/c1-16(2,3)15(20)21-10-6-5-9-19-14-8-7-12(18-4)11-13(14)17/h7-8,11,19H,5-6,9-10,17H2,1-3H3. The minimum Gasteiger partial charge on any atom is -0.465 e. The Morgan fingerprint density at radius 2 is 2.10 bits per heavy atom. The van der Waals surface area contributed by atoms with Crippen molar-refractivity contribution in [2.75, 3.05) is 24.2 Å². The number of carbonyl (C=O) groups excluding carboxylic acids is 1. The maximum atomic E-state index is 11.5. The van der Waals surface area contributed by atoms with E-state index in [0.29, 0.717) is 18.0 Å². The molecule has 0 aromatic heterocycles. The second kappa shape index (κ2) is 7.53. The summed E-state index contributed by atoms with van der Waals surface area (Å²) in [5.74, 6) is -0.172. The van der Waals surface area contributed by atoms with Crippen LogP contribution in [0.2, 0.25) is 0 Å². The average Bonchev–Trinajstić information content (AvgIpc) is 2.42. The van der Waals surface area contributed by atoms with Crippen LogP contribution in [-0.2, 0) is 9.53 Å². The summed E-state index contributed by atoms with van der Waals surface area (Å²) >= 11 is 0. The molecule has 0 aliphatic heterocycles. The molecule has 3 N–H and O–H groups in total. The summed E-state index contributed by atoms with van der Waals surface area (Å²) in [7, 11) is 0. The van der Waals surface area contributed by atoms with Crippen LogP contribution in [0, 0.1) is 12.0 Å². The van der Waals surface area contributed by atoms with Crippen molar-refractivity contribution < 1.29 is 9.53 Å². The van der Waals surface area contributed by atoms with Crippen LogP contribution in [0.5, 0.6) is 0 Å². The number of nitrogens with two attached hydrogens (primary N) is 1. The molecule has 0 fully saturated rings. The van der Waals surface area contributed by atoms with Crippen LogP contribution in [0.15, 0.2) is 18.2 Å². The summed E-state index contributed by atoms with van der Waals surface area (Å²) in [6.07, 6.45) is 1.68. The quantitative estimate of drug-likeness (QED) is 0.363. The lowest BCUT2D eigenvalue weighted by Gasteiger charge is -2.16. The Bertz CT molecular complexity index is 527. The van der Waals surface area contributed by atoms with Crippen LogP contribution in [-0.4, -0.2) is 19.1 Å². The smallest absolute Gasteiger partial charge is 0.311 e. The van der Waals surface area contributed by atoms with Gasteiger partial charge in [0, 0.05) is 12.2 Å². The molecular weight excluding hydrogens is 266 g/mol. The van der Waals surface area contributed by atoms with Gasteiger partial charge in [-0.1, -0.05) is 6.07 Å². The van der Waals surface area contributed by atoms with Crippen molar-refractivity contribution in [1.82, 2.24) is 0 Å². The molecule has 114 valence electrons. The van der Waals surface area contributed by atoms with Gasteiger partial charge in [-0.05, 0) is 45.7 Å². The molecule has 0 aliphatic carbocycles. The van der Waals surface area contributed by atoms with Gasteiger partial charge in [0.15, 0.2) is 5.69 Å². The van der Waals surface area contributed by atoms with E-state index in [4.69, 9.17) is 17.0 Å². The van der Waals surface area contributed by atoms with Gasteiger partial charge >= 0.3 is 5.97 Å². The summed E-state index contributed by atoms with van der Waals surface area (Å²) in [5.41, 5.74) is 7.34. The zero-order valence-electron chi connectivity index (χ0n) is 12.9. The second-order valence-corrected chi connectivity index (χ2v) is 5.90. The first-order valence-corrected chi connectivity index (χ1v) is 7.02. The predicted octanol–water partition coefficient (Wildman–Crippen LogP) is 3.60. The van der Waals surface area contributed by atoms with Gasteiger partial charge in [-0.15, -0.1) is 0 Å². The molecule has 0 saturated heterocycles. The number of unbranched alkanes of at least 4 members (excludes halogenated alkanes) is 1. The van der Waals surface area contributed by atoms with E-state index in [2.05, 4.69) is 10.2 Å². The van der Waals surface area contributed by atoms with Gasteiger partial charge in [-0.3, -0.25) is 4.79 Å². The lowest BCUT2D eigenvalue weighted by atomic mass is 9.97. The number of hydrogen-bond acceptors (Lipinski definition) is 4. The van der Waals surface area contributed by atoms with E-state index in [1.165, 1.54) is 0 Å². The Morgan fingerprint density at radius 3 is 2.67 bits per heavy atom. The molecule has 1 aromatic carbocycles. The molecule has 1 rings (SSSR count). The third-order valence-corrected chi connectivity index (χ3v) is 2.90. The van der Waals surface area contributed by atoms with Crippen LogP contribution in [0.1, 0.15) is 33.6 Å². The Labute approximate surface area is 126 Å². The highest BCUT2D eigenvalue weighted by atomic mass is 16.5. The number of nitrogens with one attached hydrogen (secondary N) is 1. The maximum Gasteiger partial charge on any atom is 0.311 e. The number of benzene rings is 1. The molecule has 0 bridgehead atoms. The molecule has 5 heteroatoms. The fourth-order valence-corrected chi connectivity index (χ4v) is 1.61. The summed E-state index contributed by atoms with van der Waals surface area (Å²) in [5, 5.41) is 3.21. The Hall–Kier alpha value is -2.22. The topological polar surface area (TPSA) is 68.7 Å². The number of hydrogen-bond donors (Lipinski definition) is 2. The van der Waals surface area contributed by atoms with Crippen molar-refractivity contribution in [1.29, 1.82) is 0 Å². The van der Waals surface area contributed by atoms with Crippen molar-refractivity contribution in [3.8, 4) is 0 Å². The maximum absolute atomic E-state index is 11.5. The summed E-state index contributed by atoms with van der Waals surface area (Å²) in [6, 6.07) is 5.19. The SMILES string of the molecule is [C-]#[N+]c1ccc(NCCCCOC(=O)C(C)(C)C)c(N)c1. The highest BCUT2D eigenvalue weighted by Gasteiger charge is 2.22. The minimum absolute atomic E-state index is 0.172. The zero-order valence-corrected chi connectivity index (χ0v) is 12.9. The van der Waals surface area contributed by atoms with E-state index >= 15 is 0 Å². The van der Waals surface area contributed by atoms with E-state index < -0.39 is 5.41 Å². The molecule has 0 radical (unpaired) electrons. The van der Waals surface area contributed by atoms with Crippen LogP contribution >= 0.6 is 0 Å². The Balaban J connectivity index is 2.24.